The van der Waals surface area contributed by atoms with E-state index in [4.69, 9.17) is 4.98 Å². The van der Waals surface area contributed by atoms with Crippen molar-refractivity contribution in [2.75, 3.05) is 10.5 Å². The monoisotopic (exact) mass is 371 g/mol. The Kier molecular flexibility index (Phi) is 5.05. The normalized spacial score (nSPS) is 12.0. The Balaban J connectivity index is 2.12. The maximum absolute atomic E-state index is 12.0. The predicted octanol–water partition coefficient (Wildman–Crippen LogP) is 4.28. The number of hydrogen-bond acceptors (Lipinski definition) is 3. The minimum absolute atomic E-state index is 0.0322. The molecule has 0 bridgehead atoms. The zero-order valence-electron chi connectivity index (χ0n) is 15.7. The minimum atomic E-state index is -3.35. The highest BCUT2D eigenvalue weighted by Crippen LogP contribution is 2.29. The summed E-state index contributed by atoms with van der Waals surface area (Å²) in [7, 11) is -3.35. The number of hydrogen-bond donors (Lipinski definition) is 1. The molecule has 26 heavy (non-hydrogen) atoms. The van der Waals surface area contributed by atoms with Crippen molar-refractivity contribution < 1.29 is 8.42 Å². The summed E-state index contributed by atoms with van der Waals surface area (Å²) >= 11 is 0. The average Bonchev–Trinajstić information content (AvgIpc) is 2.97. The summed E-state index contributed by atoms with van der Waals surface area (Å²) in [6, 6.07) is 14.1. The van der Waals surface area contributed by atoms with E-state index >= 15 is 0 Å². The molecule has 0 saturated heterocycles. The lowest BCUT2D eigenvalue weighted by molar-refractivity contribution is 0.602. The van der Waals surface area contributed by atoms with Crippen LogP contribution in [0.5, 0.6) is 0 Å². The summed E-state index contributed by atoms with van der Waals surface area (Å²) in [6.07, 6.45) is 0. The van der Waals surface area contributed by atoms with E-state index in [0.29, 0.717) is 17.7 Å². The number of imidazole rings is 1. The second-order valence-corrected chi connectivity index (χ2v) is 8.89. The maximum Gasteiger partial charge on any atom is 0.232 e. The fraction of sp³-hybridized carbons (Fsp3) is 0.350. The zero-order valence-corrected chi connectivity index (χ0v) is 16.5. The van der Waals surface area contributed by atoms with Gasteiger partial charge in [-0.3, -0.25) is 4.72 Å². The Morgan fingerprint density at radius 2 is 1.81 bits per heavy atom. The molecule has 2 aromatic carbocycles. The van der Waals surface area contributed by atoms with Gasteiger partial charge in [0.15, 0.2) is 0 Å². The first kappa shape index (κ1) is 18.5. The van der Waals surface area contributed by atoms with E-state index in [1.54, 1.807) is 13.0 Å². The number of benzene rings is 2. The number of nitrogens with one attached hydrogen (secondary N) is 1. The van der Waals surface area contributed by atoms with Gasteiger partial charge in [-0.25, -0.2) is 13.4 Å². The molecule has 0 fully saturated rings. The van der Waals surface area contributed by atoms with E-state index in [2.05, 4.69) is 54.3 Å². The lowest BCUT2D eigenvalue weighted by atomic mass is 10.1. The molecule has 0 unspecified atom stereocenters. The number of rotatable bonds is 6. The lowest BCUT2D eigenvalue weighted by Crippen LogP contribution is -2.14. The molecule has 5 nitrogen and oxygen atoms in total. The summed E-state index contributed by atoms with van der Waals surface area (Å²) in [5.41, 5.74) is 4.58. The minimum Gasteiger partial charge on any atom is -0.323 e. The van der Waals surface area contributed by atoms with Gasteiger partial charge in [-0.1, -0.05) is 49.7 Å². The fourth-order valence-corrected chi connectivity index (χ4v) is 3.61. The molecule has 0 aliphatic rings. The van der Waals surface area contributed by atoms with Crippen molar-refractivity contribution in [2.24, 2.45) is 0 Å². The van der Waals surface area contributed by atoms with Crippen LogP contribution in [-0.4, -0.2) is 23.7 Å². The highest BCUT2D eigenvalue weighted by molar-refractivity contribution is 7.92. The average molecular weight is 372 g/mol. The predicted molar refractivity (Wildman–Crippen MR) is 107 cm³/mol. The number of aromatic nitrogens is 2. The Morgan fingerprint density at radius 3 is 2.42 bits per heavy atom. The fourth-order valence-electron chi connectivity index (χ4n) is 2.97. The summed E-state index contributed by atoms with van der Waals surface area (Å²) in [5, 5.41) is 0. The molecule has 0 saturated carbocycles. The molecule has 0 aliphatic carbocycles. The van der Waals surface area contributed by atoms with Crippen molar-refractivity contribution in [3.05, 3.63) is 59.4 Å². The molecule has 0 spiro atoms. The summed E-state index contributed by atoms with van der Waals surface area (Å²) in [5.74, 6) is 1.21. The zero-order chi connectivity index (χ0) is 18.9. The first-order valence-corrected chi connectivity index (χ1v) is 10.5. The van der Waals surface area contributed by atoms with E-state index < -0.39 is 10.0 Å². The molecule has 0 radical (unpaired) electrons. The Bertz CT molecular complexity index is 1020. The van der Waals surface area contributed by atoms with Crippen molar-refractivity contribution in [3.8, 4) is 0 Å². The van der Waals surface area contributed by atoms with Gasteiger partial charge in [0.25, 0.3) is 0 Å². The second-order valence-electron chi connectivity index (χ2n) is 6.88. The second kappa shape index (κ2) is 7.11. The number of sulfonamides is 1. The summed E-state index contributed by atoms with van der Waals surface area (Å²) in [6.45, 7) is 8.60. The van der Waals surface area contributed by atoms with Crippen LogP contribution in [0.2, 0.25) is 0 Å². The molecule has 0 aliphatic heterocycles. The summed E-state index contributed by atoms with van der Waals surface area (Å²) < 4.78 is 28.9. The molecule has 3 rings (SSSR count). The Morgan fingerprint density at radius 1 is 1.12 bits per heavy atom. The van der Waals surface area contributed by atoms with Crippen molar-refractivity contribution in [1.82, 2.24) is 9.55 Å². The van der Waals surface area contributed by atoms with Crippen molar-refractivity contribution >= 4 is 26.7 Å². The Hall–Kier alpha value is -2.34. The van der Waals surface area contributed by atoms with Crippen LogP contribution in [0, 0.1) is 6.92 Å². The van der Waals surface area contributed by atoms with Crippen molar-refractivity contribution in [3.63, 3.8) is 0 Å². The van der Waals surface area contributed by atoms with Crippen LogP contribution in [0.3, 0.4) is 0 Å². The molecular weight excluding hydrogens is 346 g/mol. The molecule has 1 heterocycles. The third kappa shape index (κ3) is 3.75. The van der Waals surface area contributed by atoms with Crippen LogP contribution in [0.25, 0.3) is 11.0 Å². The van der Waals surface area contributed by atoms with Crippen LogP contribution in [0.15, 0.2) is 42.5 Å². The van der Waals surface area contributed by atoms with Gasteiger partial charge in [0.05, 0.1) is 17.0 Å². The smallest absolute Gasteiger partial charge is 0.232 e. The summed E-state index contributed by atoms with van der Waals surface area (Å²) in [4.78, 5) is 4.78. The third-order valence-electron chi connectivity index (χ3n) is 4.43. The first-order valence-electron chi connectivity index (χ1n) is 8.86. The number of fused-ring (bicyclic) bond motifs is 1. The van der Waals surface area contributed by atoms with Gasteiger partial charge in [-0.15, -0.1) is 0 Å². The molecule has 0 atom stereocenters. The van der Waals surface area contributed by atoms with Crippen LogP contribution in [0.4, 0.5) is 5.69 Å². The third-order valence-corrected chi connectivity index (χ3v) is 5.72. The van der Waals surface area contributed by atoms with Gasteiger partial charge < -0.3 is 4.57 Å². The van der Waals surface area contributed by atoms with Gasteiger partial charge in [-0.2, -0.15) is 0 Å². The number of anilines is 1. The van der Waals surface area contributed by atoms with Gasteiger partial charge in [-0.05, 0) is 31.5 Å². The molecular formula is C20H25N3O2S. The molecule has 6 heteroatoms. The van der Waals surface area contributed by atoms with E-state index in [9.17, 15) is 8.42 Å². The van der Waals surface area contributed by atoms with E-state index in [0.717, 1.165) is 11.3 Å². The van der Waals surface area contributed by atoms with Crippen LogP contribution in [0.1, 0.15) is 43.6 Å². The van der Waals surface area contributed by atoms with Crippen LogP contribution >= 0.6 is 0 Å². The van der Waals surface area contributed by atoms with Gasteiger partial charge in [0.1, 0.15) is 11.3 Å². The van der Waals surface area contributed by atoms with Crippen molar-refractivity contribution in [2.45, 2.75) is 40.2 Å². The molecule has 1 aromatic heterocycles. The highest BCUT2D eigenvalue weighted by atomic mass is 32.2. The standard InChI is InChI=1S/C20H25N3O2S/c1-5-26(24,25)22-17-7-6-8-18-19(17)21-20(14(2)3)23(18)13-16-11-9-15(4)10-12-16/h6-12,14,22H,5,13H2,1-4H3. The van der Waals surface area contributed by atoms with Crippen LogP contribution < -0.4 is 4.72 Å². The molecule has 0 amide bonds. The highest BCUT2D eigenvalue weighted by Gasteiger charge is 2.18. The molecule has 3 aromatic rings. The molecule has 1 N–H and O–H groups in total. The van der Waals surface area contributed by atoms with Gasteiger partial charge >= 0.3 is 0 Å². The maximum atomic E-state index is 12.0. The lowest BCUT2D eigenvalue weighted by Gasteiger charge is -2.12. The van der Waals surface area contributed by atoms with Crippen molar-refractivity contribution in [1.29, 1.82) is 0 Å². The number of para-hydroxylation sites is 1. The van der Waals surface area contributed by atoms with Gasteiger partial charge in [0, 0.05) is 12.5 Å². The Labute approximate surface area is 155 Å². The van der Waals surface area contributed by atoms with Crippen LogP contribution in [-0.2, 0) is 16.6 Å². The number of aryl methyl sites for hydroxylation is 1. The topological polar surface area (TPSA) is 64.0 Å². The quantitative estimate of drug-likeness (QED) is 0.703. The van der Waals surface area contributed by atoms with E-state index in [-0.39, 0.29) is 11.7 Å². The largest absolute Gasteiger partial charge is 0.323 e. The SMILES string of the molecule is CCS(=O)(=O)Nc1cccc2c1nc(C(C)C)n2Cc1ccc(C)cc1. The first-order chi connectivity index (χ1) is 12.3. The van der Waals surface area contributed by atoms with Gasteiger partial charge in [0.2, 0.25) is 10.0 Å². The van der Waals surface area contributed by atoms with E-state index in [1.165, 1.54) is 11.1 Å². The van der Waals surface area contributed by atoms with E-state index in [1.807, 2.05) is 12.1 Å². The number of nitrogens with zero attached hydrogens (tertiary/aromatic N) is 2. The molecule has 138 valence electrons.